The van der Waals surface area contributed by atoms with Crippen LogP contribution < -0.4 is 4.90 Å². The fraction of sp³-hybridized carbons (Fsp3) is 0.296. The summed E-state index contributed by atoms with van der Waals surface area (Å²) in [6, 6.07) is 7.77. The number of rotatable bonds is 6. The van der Waals surface area contributed by atoms with Crippen molar-refractivity contribution in [2.24, 2.45) is 4.99 Å². The lowest BCUT2D eigenvalue weighted by Gasteiger charge is -2.29. The van der Waals surface area contributed by atoms with Gasteiger partial charge in [0.05, 0.1) is 30.1 Å². The topological polar surface area (TPSA) is 70.8 Å². The molecule has 6 nitrogen and oxygen atoms in total. The van der Waals surface area contributed by atoms with E-state index in [2.05, 4.69) is 26.4 Å². The van der Waals surface area contributed by atoms with Crippen molar-refractivity contribution in [3.8, 4) is 11.3 Å². The van der Waals surface area contributed by atoms with E-state index in [4.69, 9.17) is 4.74 Å². The lowest BCUT2D eigenvalue weighted by Crippen LogP contribution is -2.36. The zero-order valence-electron chi connectivity index (χ0n) is 20.1. The highest BCUT2D eigenvalue weighted by atomic mass is 19.1. The minimum atomic E-state index is -1.39. The number of aliphatic hydroxyl groups excluding tert-OH is 1. The summed E-state index contributed by atoms with van der Waals surface area (Å²) < 4.78 is 35.3. The minimum Gasteiger partial charge on any atom is -0.382 e. The number of fused-ring (bicyclic) bond motifs is 1. The molecule has 1 fully saturated rings. The highest BCUT2D eigenvalue weighted by molar-refractivity contribution is 5.94. The highest BCUT2D eigenvalue weighted by Gasteiger charge is 2.23. The molecule has 1 atom stereocenters. The Morgan fingerprint density at radius 1 is 1.11 bits per heavy atom. The van der Waals surface area contributed by atoms with E-state index in [1.807, 2.05) is 18.2 Å². The van der Waals surface area contributed by atoms with Gasteiger partial charge in [0.1, 0.15) is 24.1 Å². The number of ether oxygens (including phenoxy) is 1. The summed E-state index contributed by atoms with van der Waals surface area (Å²) in [5.74, 6) is -1.64. The lowest BCUT2D eigenvalue weighted by molar-refractivity contribution is 0.122. The molecule has 3 aromatic rings. The highest BCUT2D eigenvalue weighted by Crippen LogP contribution is 2.35. The third-order valence-corrected chi connectivity index (χ3v) is 5.83. The second kappa shape index (κ2) is 10.4. The lowest BCUT2D eigenvalue weighted by atomic mass is 9.97. The van der Waals surface area contributed by atoms with E-state index in [0.717, 1.165) is 24.8 Å². The summed E-state index contributed by atoms with van der Waals surface area (Å²) in [7, 11) is 0. The fourth-order valence-electron chi connectivity index (χ4n) is 4.04. The number of aliphatic imine (C=N–C) groups is 1. The molecule has 35 heavy (non-hydrogen) atoms. The average molecular weight is 479 g/mol. The standard InChI is InChI=1S/C27H28F2N4O2/c1-16(2)14-30-25(17(3)4)27(34)21-12-20(22(28)13-23(21)29)26-19-6-5-18(11-24(19)31-15-32-26)33-7-9-35-10-8-33/h5-6,11-15,27,34H,1,7-10H2,2-4H3. The maximum absolute atomic E-state index is 15.0. The second-order valence-corrected chi connectivity index (χ2v) is 8.77. The molecule has 0 saturated carbocycles. The monoisotopic (exact) mass is 478 g/mol. The quantitative estimate of drug-likeness (QED) is 0.482. The van der Waals surface area contributed by atoms with Crippen molar-refractivity contribution in [3.63, 3.8) is 0 Å². The van der Waals surface area contributed by atoms with Crippen molar-refractivity contribution in [1.29, 1.82) is 0 Å². The Labute approximate surface area is 203 Å². The molecule has 0 spiro atoms. The molecule has 1 N–H and O–H groups in total. The molecule has 2 aromatic carbocycles. The predicted octanol–water partition coefficient (Wildman–Crippen LogP) is 5.39. The Hall–Kier alpha value is -3.49. The molecular formula is C27H28F2N4O2. The number of hydrogen-bond donors (Lipinski definition) is 1. The molecule has 0 bridgehead atoms. The smallest absolute Gasteiger partial charge is 0.135 e. The molecule has 0 radical (unpaired) electrons. The molecule has 0 amide bonds. The number of aromatic nitrogens is 2. The van der Waals surface area contributed by atoms with E-state index in [-0.39, 0.29) is 16.8 Å². The molecular weight excluding hydrogens is 450 g/mol. The molecule has 0 aliphatic carbocycles. The van der Waals surface area contributed by atoms with Crippen molar-refractivity contribution in [2.75, 3.05) is 31.2 Å². The number of morpholine rings is 1. The summed E-state index contributed by atoms with van der Waals surface area (Å²) in [6.07, 6.45) is 1.46. The van der Waals surface area contributed by atoms with Crippen LogP contribution in [0, 0.1) is 11.6 Å². The number of aliphatic hydroxyl groups is 1. The van der Waals surface area contributed by atoms with E-state index in [1.165, 1.54) is 18.6 Å². The fourth-order valence-corrected chi connectivity index (χ4v) is 4.04. The van der Waals surface area contributed by atoms with Gasteiger partial charge in [-0.3, -0.25) is 4.99 Å². The maximum Gasteiger partial charge on any atom is 0.135 e. The van der Waals surface area contributed by atoms with Gasteiger partial charge in [0.2, 0.25) is 0 Å². The third kappa shape index (κ3) is 5.28. The van der Waals surface area contributed by atoms with Gasteiger partial charge in [0, 0.05) is 47.6 Å². The van der Waals surface area contributed by atoms with E-state index < -0.39 is 17.7 Å². The first-order valence-electron chi connectivity index (χ1n) is 11.4. The molecule has 1 unspecified atom stereocenters. The Bertz CT molecular complexity index is 1330. The maximum atomic E-state index is 15.0. The summed E-state index contributed by atoms with van der Waals surface area (Å²) in [4.78, 5) is 15.2. The van der Waals surface area contributed by atoms with Gasteiger partial charge in [-0.15, -0.1) is 0 Å². The first-order chi connectivity index (χ1) is 16.8. The first kappa shape index (κ1) is 24.6. The molecule has 2 heterocycles. The van der Waals surface area contributed by atoms with E-state index in [0.29, 0.717) is 41.0 Å². The minimum absolute atomic E-state index is 0.0731. The Morgan fingerprint density at radius 3 is 2.54 bits per heavy atom. The molecule has 1 aliphatic heterocycles. The van der Waals surface area contributed by atoms with Crippen molar-refractivity contribution in [3.05, 3.63) is 77.3 Å². The van der Waals surface area contributed by atoms with Gasteiger partial charge in [-0.05, 0) is 50.6 Å². The van der Waals surface area contributed by atoms with Crippen LogP contribution in [0.25, 0.3) is 22.2 Å². The number of allylic oxidation sites excluding steroid dienone is 2. The molecule has 1 saturated heterocycles. The van der Waals surface area contributed by atoms with Crippen LogP contribution in [-0.4, -0.2) is 47.6 Å². The summed E-state index contributed by atoms with van der Waals surface area (Å²) >= 11 is 0. The molecule has 182 valence electrons. The van der Waals surface area contributed by atoms with Gasteiger partial charge >= 0.3 is 0 Å². The SMILES string of the molecule is C=C(C)C=NC(=C(C)C)C(O)c1cc(-c2ncnc3cc(N4CCOCC4)ccc23)c(F)cc1F. The van der Waals surface area contributed by atoms with E-state index in [9.17, 15) is 9.50 Å². The van der Waals surface area contributed by atoms with Crippen LogP contribution in [0.2, 0.25) is 0 Å². The first-order valence-corrected chi connectivity index (χ1v) is 11.4. The number of benzene rings is 2. The average Bonchev–Trinajstić information content (AvgIpc) is 2.83. The van der Waals surface area contributed by atoms with Crippen LogP contribution in [0.1, 0.15) is 32.4 Å². The van der Waals surface area contributed by atoms with Gasteiger partial charge in [-0.2, -0.15) is 0 Å². The van der Waals surface area contributed by atoms with Gasteiger partial charge in [0.15, 0.2) is 0 Å². The Balaban J connectivity index is 1.79. The van der Waals surface area contributed by atoms with E-state index >= 15 is 4.39 Å². The molecule has 1 aliphatic rings. The Morgan fingerprint density at radius 2 is 1.86 bits per heavy atom. The van der Waals surface area contributed by atoms with Crippen LogP contribution in [0.5, 0.6) is 0 Å². The van der Waals surface area contributed by atoms with Gasteiger partial charge < -0.3 is 14.7 Å². The number of hydrogen-bond acceptors (Lipinski definition) is 6. The van der Waals surface area contributed by atoms with E-state index in [1.54, 1.807) is 20.8 Å². The largest absolute Gasteiger partial charge is 0.382 e. The summed E-state index contributed by atoms with van der Waals surface area (Å²) in [6.45, 7) is 11.9. The number of halogens is 2. The molecule has 4 rings (SSSR count). The van der Waals surface area contributed by atoms with Gasteiger partial charge in [-0.25, -0.2) is 18.7 Å². The number of nitrogens with zero attached hydrogens (tertiary/aromatic N) is 4. The zero-order chi connectivity index (χ0) is 25.1. The second-order valence-electron chi connectivity index (χ2n) is 8.77. The van der Waals surface area contributed by atoms with Crippen LogP contribution >= 0.6 is 0 Å². The molecule has 1 aromatic heterocycles. The van der Waals surface area contributed by atoms with Crippen LogP contribution in [0.3, 0.4) is 0 Å². The normalized spacial score (nSPS) is 15.0. The predicted molar refractivity (Wildman–Crippen MR) is 135 cm³/mol. The molecule has 8 heteroatoms. The van der Waals surface area contributed by atoms with Gasteiger partial charge in [0.25, 0.3) is 0 Å². The van der Waals surface area contributed by atoms with Crippen molar-refractivity contribution in [1.82, 2.24) is 9.97 Å². The Kier molecular flexibility index (Phi) is 7.33. The zero-order valence-corrected chi connectivity index (χ0v) is 20.1. The van der Waals surface area contributed by atoms with Crippen LogP contribution in [0.15, 0.2) is 65.1 Å². The van der Waals surface area contributed by atoms with Crippen molar-refractivity contribution in [2.45, 2.75) is 26.9 Å². The van der Waals surface area contributed by atoms with Gasteiger partial charge in [-0.1, -0.05) is 12.2 Å². The van der Waals surface area contributed by atoms with Crippen molar-refractivity contribution >= 4 is 22.8 Å². The summed E-state index contributed by atoms with van der Waals surface area (Å²) in [5, 5.41) is 11.6. The van der Waals surface area contributed by atoms with Crippen molar-refractivity contribution < 1.29 is 18.6 Å². The third-order valence-electron chi connectivity index (χ3n) is 5.83. The van der Waals surface area contributed by atoms with Crippen LogP contribution in [-0.2, 0) is 4.74 Å². The number of anilines is 1. The van der Waals surface area contributed by atoms with Crippen LogP contribution in [0.4, 0.5) is 14.5 Å². The summed E-state index contributed by atoms with van der Waals surface area (Å²) in [5.41, 5.74) is 3.58.